The molecule has 0 aliphatic heterocycles. The molecule has 0 atom stereocenters. The Kier molecular flexibility index (Phi) is 4.18. The van der Waals surface area contributed by atoms with E-state index in [0.29, 0.717) is 10.3 Å². The summed E-state index contributed by atoms with van der Waals surface area (Å²) in [4.78, 5) is 0. The smallest absolute Gasteiger partial charge is 0.351 e. The molecular formula is C15H17NO4S. The van der Waals surface area contributed by atoms with E-state index in [2.05, 4.69) is 0 Å². The van der Waals surface area contributed by atoms with Crippen LogP contribution in [0.5, 0.6) is 5.75 Å². The van der Waals surface area contributed by atoms with Crippen molar-refractivity contribution in [3.63, 3.8) is 0 Å². The molecule has 0 aliphatic rings. The maximum Gasteiger partial charge on any atom is 0.351 e. The Morgan fingerprint density at radius 1 is 1.24 bits per heavy atom. The zero-order chi connectivity index (χ0) is 15.6. The number of rotatable bonds is 4. The molecule has 0 radical (unpaired) electrons. The highest BCUT2D eigenvalue weighted by atomic mass is 32.2. The second-order valence-electron chi connectivity index (χ2n) is 4.90. The fourth-order valence-electron chi connectivity index (χ4n) is 2.13. The average Bonchev–Trinajstić information content (AvgIpc) is 2.42. The van der Waals surface area contributed by atoms with Gasteiger partial charge < -0.3 is 9.94 Å². The van der Waals surface area contributed by atoms with E-state index in [1.165, 1.54) is 19.2 Å². The molecule has 5 nitrogen and oxygen atoms in total. The monoisotopic (exact) mass is 307 g/mol. The van der Waals surface area contributed by atoms with Crippen molar-refractivity contribution in [2.45, 2.75) is 24.6 Å². The number of benzene rings is 1. The van der Waals surface area contributed by atoms with E-state index in [4.69, 9.17) is 4.74 Å². The Morgan fingerprint density at radius 2 is 1.95 bits per heavy atom. The fourth-order valence-corrected chi connectivity index (χ4v) is 3.78. The lowest BCUT2D eigenvalue weighted by Crippen LogP contribution is -2.34. The van der Waals surface area contributed by atoms with Crippen molar-refractivity contribution in [3.8, 4) is 5.75 Å². The normalized spacial score (nSPS) is 11.4. The molecular weight excluding hydrogens is 290 g/mol. The lowest BCUT2D eigenvalue weighted by Gasteiger charge is -2.11. The van der Waals surface area contributed by atoms with Crippen molar-refractivity contribution in [1.82, 2.24) is 0 Å². The minimum absolute atomic E-state index is 0.0535. The lowest BCUT2D eigenvalue weighted by molar-refractivity contribution is -0.647. The van der Waals surface area contributed by atoms with Crippen molar-refractivity contribution < 1.29 is 17.9 Å². The van der Waals surface area contributed by atoms with Crippen LogP contribution >= 0.6 is 0 Å². The van der Waals surface area contributed by atoms with Crippen molar-refractivity contribution >= 4 is 9.84 Å². The molecule has 0 bridgehead atoms. The molecule has 21 heavy (non-hydrogen) atoms. The maximum atomic E-state index is 12.6. The van der Waals surface area contributed by atoms with Crippen molar-refractivity contribution in [1.29, 1.82) is 0 Å². The summed E-state index contributed by atoms with van der Waals surface area (Å²) >= 11 is 0. The molecule has 112 valence electrons. The molecule has 0 unspecified atom stereocenters. The minimum Gasteiger partial charge on any atom is -0.618 e. The molecule has 2 aromatic rings. The highest BCUT2D eigenvalue weighted by molar-refractivity contribution is 7.90. The van der Waals surface area contributed by atoms with Crippen LogP contribution in [-0.2, 0) is 15.6 Å². The first-order valence-corrected chi connectivity index (χ1v) is 8.05. The van der Waals surface area contributed by atoms with Crippen LogP contribution in [0.15, 0.2) is 41.6 Å². The Bertz CT molecular complexity index is 769. The quantitative estimate of drug-likeness (QED) is 0.639. The molecule has 2 rings (SSSR count). The summed E-state index contributed by atoms with van der Waals surface area (Å²) in [7, 11) is -2.46. The number of aryl methyl sites for hydroxylation is 2. The number of aromatic nitrogens is 1. The molecule has 0 amide bonds. The van der Waals surface area contributed by atoms with Gasteiger partial charge in [0.15, 0.2) is 6.20 Å². The van der Waals surface area contributed by atoms with E-state index in [0.717, 1.165) is 17.3 Å². The summed E-state index contributed by atoms with van der Waals surface area (Å²) in [5.41, 5.74) is 2.53. The Labute approximate surface area is 124 Å². The predicted molar refractivity (Wildman–Crippen MR) is 78.8 cm³/mol. The molecule has 1 aromatic heterocycles. The van der Waals surface area contributed by atoms with E-state index in [1.54, 1.807) is 0 Å². The summed E-state index contributed by atoms with van der Waals surface area (Å²) in [6, 6.07) is 8.51. The number of nitrogens with zero attached hydrogens (tertiary/aromatic N) is 1. The van der Waals surface area contributed by atoms with Gasteiger partial charge in [-0.25, -0.2) is 8.42 Å². The first kappa shape index (κ1) is 15.3. The number of methoxy groups -OCH3 is 1. The van der Waals surface area contributed by atoms with Gasteiger partial charge in [-0.15, -0.1) is 0 Å². The number of sulfone groups is 1. The van der Waals surface area contributed by atoms with Crippen LogP contribution < -0.4 is 9.47 Å². The summed E-state index contributed by atoms with van der Waals surface area (Å²) in [5, 5.41) is 11.5. The molecule has 0 saturated heterocycles. The van der Waals surface area contributed by atoms with Crippen LogP contribution in [0.2, 0.25) is 0 Å². The number of pyridine rings is 1. The first-order valence-electron chi connectivity index (χ1n) is 6.40. The molecule has 0 aliphatic carbocycles. The topological polar surface area (TPSA) is 70.3 Å². The van der Waals surface area contributed by atoms with Gasteiger partial charge in [0, 0.05) is 6.07 Å². The van der Waals surface area contributed by atoms with Gasteiger partial charge >= 0.3 is 5.03 Å². The highest BCUT2D eigenvalue weighted by Gasteiger charge is 2.30. The van der Waals surface area contributed by atoms with Crippen molar-refractivity contribution in [2.75, 3.05) is 7.11 Å². The zero-order valence-electron chi connectivity index (χ0n) is 12.2. The second-order valence-corrected chi connectivity index (χ2v) is 6.80. The van der Waals surface area contributed by atoms with Gasteiger partial charge in [0.1, 0.15) is 0 Å². The van der Waals surface area contributed by atoms with Crippen LogP contribution in [0.4, 0.5) is 0 Å². The molecule has 0 saturated carbocycles. The molecule has 0 spiro atoms. The Hall–Kier alpha value is -2.08. The standard InChI is InChI=1S/C15H17NO4S/c1-11-6-7-12(2)13(9-11)10-21(18,19)15-14(20-3)5-4-8-16(15)17/h4-9H,10H2,1-3H3. The van der Waals surface area contributed by atoms with Gasteiger partial charge in [0.05, 0.1) is 12.9 Å². The SMILES string of the molecule is COc1ccc[n+]([O-])c1S(=O)(=O)Cc1cc(C)ccc1C. The third-order valence-corrected chi connectivity index (χ3v) is 4.91. The third-order valence-electron chi connectivity index (χ3n) is 3.24. The third kappa shape index (κ3) is 3.16. The number of ether oxygens (including phenoxy) is 1. The Balaban J connectivity index is 2.51. The maximum absolute atomic E-state index is 12.6. The molecule has 1 aromatic carbocycles. The van der Waals surface area contributed by atoms with E-state index in [1.807, 2.05) is 32.0 Å². The second kappa shape index (κ2) is 5.73. The van der Waals surface area contributed by atoms with E-state index in [-0.39, 0.29) is 16.5 Å². The van der Waals surface area contributed by atoms with Gasteiger partial charge in [-0.2, -0.15) is 4.73 Å². The van der Waals surface area contributed by atoms with Gasteiger partial charge in [-0.1, -0.05) is 23.8 Å². The number of hydrogen-bond acceptors (Lipinski definition) is 4. The van der Waals surface area contributed by atoms with Crippen LogP contribution in [0.3, 0.4) is 0 Å². The van der Waals surface area contributed by atoms with Gasteiger partial charge in [-0.3, -0.25) is 0 Å². The Morgan fingerprint density at radius 3 is 2.62 bits per heavy atom. The largest absolute Gasteiger partial charge is 0.618 e. The summed E-state index contributed by atoms with van der Waals surface area (Å²) in [6.45, 7) is 3.74. The van der Waals surface area contributed by atoms with Crippen molar-refractivity contribution in [3.05, 3.63) is 58.4 Å². The molecule has 0 fully saturated rings. The fraction of sp³-hybridized carbons (Fsp3) is 0.267. The van der Waals surface area contributed by atoms with Crippen LogP contribution in [0, 0.1) is 19.1 Å². The van der Waals surface area contributed by atoms with Crippen LogP contribution in [0.1, 0.15) is 16.7 Å². The van der Waals surface area contributed by atoms with Gasteiger partial charge in [0.25, 0.3) is 0 Å². The van der Waals surface area contributed by atoms with E-state index >= 15 is 0 Å². The highest BCUT2D eigenvalue weighted by Crippen LogP contribution is 2.24. The summed E-state index contributed by atoms with van der Waals surface area (Å²) < 4.78 is 30.5. The van der Waals surface area contributed by atoms with Crippen LogP contribution in [-0.4, -0.2) is 15.5 Å². The molecule has 1 heterocycles. The van der Waals surface area contributed by atoms with E-state index < -0.39 is 9.84 Å². The molecule has 6 heteroatoms. The first-order chi connectivity index (χ1) is 9.85. The number of hydrogen-bond donors (Lipinski definition) is 0. The van der Waals surface area contributed by atoms with E-state index in [9.17, 15) is 13.6 Å². The minimum atomic E-state index is -3.80. The predicted octanol–water partition coefficient (Wildman–Crippen LogP) is 1.92. The summed E-state index contributed by atoms with van der Waals surface area (Å²) in [5.74, 6) is -0.179. The zero-order valence-corrected chi connectivity index (χ0v) is 13.0. The van der Waals surface area contributed by atoms with Crippen molar-refractivity contribution in [2.24, 2.45) is 0 Å². The van der Waals surface area contributed by atoms with Gasteiger partial charge in [0.2, 0.25) is 15.6 Å². The lowest BCUT2D eigenvalue weighted by atomic mass is 10.1. The average molecular weight is 307 g/mol. The molecule has 0 N–H and O–H groups in total. The van der Waals surface area contributed by atoms with Gasteiger partial charge in [-0.05, 0) is 31.0 Å². The van der Waals surface area contributed by atoms with Crippen LogP contribution in [0.25, 0.3) is 0 Å². The summed E-state index contributed by atoms with van der Waals surface area (Å²) in [6.07, 6.45) is 1.15.